The Morgan fingerprint density at radius 3 is 2.41 bits per heavy atom. The zero-order valence-corrected chi connectivity index (χ0v) is 12.9. The highest BCUT2D eigenvalue weighted by Gasteiger charge is 2.11. The molecular weight excluding hydrogens is 296 g/mol. The lowest BCUT2D eigenvalue weighted by Crippen LogP contribution is -2.26. The fourth-order valence-corrected chi connectivity index (χ4v) is 2.88. The Hall–Kier alpha value is -2.27. The van der Waals surface area contributed by atoms with E-state index in [2.05, 4.69) is 5.32 Å². The number of rotatable bonds is 7. The third-order valence-corrected chi connectivity index (χ3v) is 4.07. The summed E-state index contributed by atoms with van der Waals surface area (Å²) in [6.07, 6.45) is 0.829. The van der Waals surface area contributed by atoms with Gasteiger partial charge in [-0.05, 0) is 30.7 Å². The Bertz CT molecular complexity index is 644. The molecule has 22 heavy (non-hydrogen) atoms. The van der Waals surface area contributed by atoms with E-state index >= 15 is 0 Å². The monoisotopic (exact) mass is 314 g/mol. The first kappa shape index (κ1) is 16.1. The van der Waals surface area contributed by atoms with Crippen LogP contribution in [0.4, 0.5) is 0 Å². The fourth-order valence-electron chi connectivity index (χ4n) is 1.92. The summed E-state index contributed by atoms with van der Waals surface area (Å²) in [5.74, 6) is -0.488. The summed E-state index contributed by atoms with van der Waals surface area (Å²) in [5, 5.41) is 2.82. The van der Waals surface area contributed by atoms with Crippen LogP contribution in [0.1, 0.15) is 23.2 Å². The Labute approximate surface area is 134 Å². The van der Waals surface area contributed by atoms with E-state index in [1.165, 1.54) is 0 Å². The maximum absolute atomic E-state index is 12.3. The molecule has 3 N–H and O–H groups in total. The van der Waals surface area contributed by atoms with Crippen molar-refractivity contribution in [1.29, 1.82) is 0 Å². The molecule has 2 aromatic carbocycles. The average molecular weight is 314 g/mol. The van der Waals surface area contributed by atoms with Crippen molar-refractivity contribution in [2.75, 3.05) is 6.54 Å². The second-order valence-corrected chi connectivity index (χ2v) is 5.85. The van der Waals surface area contributed by atoms with Gasteiger partial charge in [0, 0.05) is 22.8 Å². The molecule has 5 heteroatoms. The molecule has 2 aromatic rings. The van der Waals surface area contributed by atoms with Gasteiger partial charge in [-0.2, -0.15) is 0 Å². The molecule has 2 amide bonds. The lowest BCUT2D eigenvalue weighted by atomic mass is 10.2. The predicted octanol–water partition coefficient (Wildman–Crippen LogP) is 2.83. The topological polar surface area (TPSA) is 72.2 Å². The molecule has 0 saturated carbocycles. The number of hydrogen-bond acceptors (Lipinski definition) is 3. The minimum atomic E-state index is -0.353. The van der Waals surface area contributed by atoms with Crippen LogP contribution in [0, 0.1) is 0 Å². The standard InChI is InChI=1S/C17H18N2O2S/c18-16(20)11-6-12-19-17(21)14-9-4-5-10-15(14)22-13-7-2-1-3-8-13/h1-5,7-10H,6,11-12H2,(H2,18,20)(H,19,21). The van der Waals surface area contributed by atoms with E-state index in [1.54, 1.807) is 17.8 Å². The van der Waals surface area contributed by atoms with E-state index in [-0.39, 0.29) is 18.2 Å². The summed E-state index contributed by atoms with van der Waals surface area (Å²) in [6.45, 7) is 0.437. The number of carbonyl (C=O) groups excluding carboxylic acids is 2. The number of nitrogens with one attached hydrogen (secondary N) is 1. The Balaban J connectivity index is 2.01. The van der Waals surface area contributed by atoms with Crippen LogP contribution >= 0.6 is 11.8 Å². The second-order valence-electron chi connectivity index (χ2n) is 4.74. The van der Waals surface area contributed by atoms with Crippen molar-refractivity contribution >= 4 is 23.6 Å². The van der Waals surface area contributed by atoms with Crippen molar-refractivity contribution in [1.82, 2.24) is 5.32 Å². The summed E-state index contributed by atoms with van der Waals surface area (Å²) in [7, 11) is 0. The van der Waals surface area contributed by atoms with Crippen LogP contribution in [0.15, 0.2) is 64.4 Å². The van der Waals surface area contributed by atoms with Gasteiger partial charge < -0.3 is 11.1 Å². The van der Waals surface area contributed by atoms with Gasteiger partial charge in [0.15, 0.2) is 0 Å². The Morgan fingerprint density at radius 1 is 1.00 bits per heavy atom. The number of primary amides is 1. The minimum Gasteiger partial charge on any atom is -0.370 e. The highest BCUT2D eigenvalue weighted by molar-refractivity contribution is 7.99. The maximum atomic E-state index is 12.3. The van der Waals surface area contributed by atoms with Gasteiger partial charge >= 0.3 is 0 Å². The molecule has 114 valence electrons. The zero-order valence-electron chi connectivity index (χ0n) is 12.1. The molecule has 0 aliphatic rings. The lowest BCUT2D eigenvalue weighted by molar-refractivity contribution is -0.118. The number of nitrogens with two attached hydrogens (primary N) is 1. The minimum absolute atomic E-state index is 0.136. The fraction of sp³-hybridized carbons (Fsp3) is 0.176. The van der Waals surface area contributed by atoms with E-state index in [1.807, 2.05) is 48.5 Å². The molecular formula is C17H18N2O2S. The van der Waals surface area contributed by atoms with Crippen molar-refractivity contribution in [3.8, 4) is 0 Å². The van der Waals surface area contributed by atoms with E-state index in [0.29, 0.717) is 18.5 Å². The third-order valence-electron chi connectivity index (χ3n) is 2.99. The molecule has 0 unspecified atom stereocenters. The highest BCUT2D eigenvalue weighted by Crippen LogP contribution is 2.30. The van der Waals surface area contributed by atoms with E-state index in [0.717, 1.165) is 9.79 Å². The van der Waals surface area contributed by atoms with Gasteiger partial charge in [0.05, 0.1) is 5.56 Å². The van der Waals surface area contributed by atoms with E-state index < -0.39 is 0 Å². The zero-order chi connectivity index (χ0) is 15.8. The van der Waals surface area contributed by atoms with E-state index in [9.17, 15) is 9.59 Å². The summed E-state index contributed by atoms with van der Waals surface area (Å²) in [6, 6.07) is 17.4. The van der Waals surface area contributed by atoms with Crippen molar-refractivity contribution < 1.29 is 9.59 Å². The van der Waals surface area contributed by atoms with E-state index in [4.69, 9.17) is 5.73 Å². The van der Waals surface area contributed by atoms with Crippen LogP contribution in [0.5, 0.6) is 0 Å². The Kier molecular flexibility index (Phi) is 6.03. The van der Waals surface area contributed by atoms with Gasteiger partial charge in [-0.15, -0.1) is 0 Å². The number of carbonyl (C=O) groups is 2. The molecule has 0 saturated heterocycles. The molecule has 4 nitrogen and oxygen atoms in total. The van der Waals surface area contributed by atoms with Gasteiger partial charge in [-0.3, -0.25) is 9.59 Å². The quantitative estimate of drug-likeness (QED) is 0.772. The number of amides is 2. The Morgan fingerprint density at radius 2 is 1.68 bits per heavy atom. The summed E-state index contributed by atoms with van der Waals surface area (Å²) in [4.78, 5) is 24.9. The molecule has 0 atom stereocenters. The van der Waals surface area contributed by atoms with Gasteiger partial charge in [0.2, 0.25) is 5.91 Å². The molecule has 0 radical (unpaired) electrons. The van der Waals surface area contributed by atoms with Gasteiger partial charge in [-0.25, -0.2) is 0 Å². The first-order valence-corrected chi connectivity index (χ1v) is 7.87. The summed E-state index contributed by atoms with van der Waals surface area (Å²) < 4.78 is 0. The molecule has 0 bridgehead atoms. The molecule has 0 aliphatic carbocycles. The van der Waals surface area contributed by atoms with Crippen LogP contribution in [-0.4, -0.2) is 18.4 Å². The summed E-state index contributed by atoms with van der Waals surface area (Å²) in [5.41, 5.74) is 5.71. The predicted molar refractivity (Wildman–Crippen MR) is 87.8 cm³/mol. The normalized spacial score (nSPS) is 10.2. The SMILES string of the molecule is NC(=O)CCCNC(=O)c1ccccc1Sc1ccccc1. The molecule has 0 spiro atoms. The maximum Gasteiger partial charge on any atom is 0.252 e. The van der Waals surface area contributed by atoms with Crippen molar-refractivity contribution in [2.45, 2.75) is 22.6 Å². The number of hydrogen-bond donors (Lipinski definition) is 2. The second kappa shape index (κ2) is 8.24. The molecule has 0 aromatic heterocycles. The van der Waals surface area contributed by atoms with Crippen LogP contribution in [0.25, 0.3) is 0 Å². The molecule has 0 heterocycles. The van der Waals surface area contributed by atoms with Crippen molar-refractivity contribution in [2.24, 2.45) is 5.73 Å². The van der Waals surface area contributed by atoms with Crippen LogP contribution < -0.4 is 11.1 Å². The highest BCUT2D eigenvalue weighted by atomic mass is 32.2. The molecule has 0 fully saturated rings. The molecule has 2 rings (SSSR count). The first-order valence-electron chi connectivity index (χ1n) is 7.05. The largest absolute Gasteiger partial charge is 0.370 e. The van der Waals surface area contributed by atoms with Gasteiger partial charge in [0.25, 0.3) is 5.91 Å². The molecule has 0 aliphatic heterocycles. The third kappa shape index (κ3) is 4.93. The first-order chi connectivity index (χ1) is 10.7. The lowest BCUT2D eigenvalue weighted by Gasteiger charge is -2.09. The number of benzene rings is 2. The van der Waals surface area contributed by atoms with Crippen molar-refractivity contribution in [3.63, 3.8) is 0 Å². The van der Waals surface area contributed by atoms with Crippen molar-refractivity contribution in [3.05, 3.63) is 60.2 Å². The van der Waals surface area contributed by atoms with Crippen LogP contribution in [0.3, 0.4) is 0 Å². The van der Waals surface area contributed by atoms with Crippen LogP contribution in [-0.2, 0) is 4.79 Å². The summed E-state index contributed by atoms with van der Waals surface area (Å²) >= 11 is 1.55. The van der Waals surface area contributed by atoms with Crippen LogP contribution in [0.2, 0.25) is 0 Å². The average Bonchev–Trinajstić information content (AvgIpc) is 2.53. The van der Waals surface area contributed by atoms with Gasteiger partial charge in [0.1, 0.15) is 0 Å². The van der Waals surface area contributed by atoms with Gasteiger partial charge in [-0.1, -0.05) is 42.1 Å². The smallest absolute Gasteiger partial charge is 0.252 e.